The molecule has 0 unspecified atom stereocenters. The zero-order chi connectivity index (χ0) is 16.8. The number of carbonyl (C=O) groups is 1. The fourth-order valence-corrected chi connectivity index (χ4v) is 4.24. The van der Waals surface area contributed by atoms with Crippen molar-refractivity contribution in [2.24, 2.45) is 0 Å². The quantitative estimate of drug-likeness (QED) is 0.900. The Labute approximate surface area is 143 Å². The van der Waals surface area contributed by atoms with E-state index in [9.17, 15) is 13.2 Å². The lowest BCUT2D eigenvalue weighted by Crippen LogP contribution is -2.20. The van der Waals surface area contributed by atoms with Gasteiger partial charge in [0.15, 0.2) is 0 Å². The molecule has 0 aliphatic carbocycles. The van der Waals surface area contributed by atoms with Crippen LogP contribution in [0.4, 0.5) is 11.4 Å². The predicted molar refractivity (Wildman–Crippen MR) is 90.8 cm³/mol. The van der Waals surface area contributed by atoms with E-state index < -0.39 is 10.0 Å². The summed E-state index contributed by atoms with van der Waals surface area (Å²) in [5.74, 6) is -0.0297. The molecule has 1 N–H and O–H groups in total. The highest BCUT2D eigenvalue weighted by Gasteiger charge is 2.25. The SMILES string of the molecule is CN1C(=O)Cc2cc(NS(=O)(=O)c3cc(Cl)ccc3Cl)ccc21. The topological polar surface area (TPSA) is 66.5 Å². The van der Waals surface area contributed by atoms with Gasteiger partial charge in [-0.15, -0.1) is 0 Å². The Kier molecular flexibility index (Phi) is 4.00. The van der Waals surface area contributed by atoms with Gasteiger partial charge in [0.25, 0.3) is 10.0 Å². The fourth-order valence-electron chi connectivity index (χ4n) is 2.43. The zero-order valence-electron chi connectivity index (χ0n) is 12.0. The van der Waals surface area contributed by atoms with Gasteiger partial charge < -0.3 is 4.90 Å². The molecule has 1 aliphatic heterocycles. The predicted octanol–water partition coefficient (Wildman–Crippen LogP) is 3.31. The molecular weight excluding hydrogens is 359 g/mol. The molecule has 1 aliphatic rings. The number of likely N-dealkylation sites (N-methyl/N-ethyl adjacent to an activating group) is 1. The number of hydrogen-bond acceptors (Lipinski definition) is 3. The third-order valence-corrected chi connectivity index (χ3v) is 5.69. The second kappa shape index (κ2) is 5.70. The van der Waals surface area contributed by atoms with Gasteiger partial charge in [-0.3, -0.25) is 9.52 Å². The third kappa shape index (κ3) is 3.02. The Balaban J connectivity index is 1.95. The first-order valence-electron chi connectivity index (χ1n) is 6.65. The Morgan fingerprint density at radius 2 is 1.87 bits per heavy atom. The van der Waals surface area contributed by atoms with Crippen LogP contribution in [0.2, 0.25) is 10.0 Å². The molecule has 0 aromatic heterocycles. The number of halogens is 2. The second-order valence-electron chi connectivity index (χ2n) is 5.15. The van der Waals surface area contributed by atoms with Crippen molar-refractivity contribution in [1.82, 2.24) is 0 Å². The summed E-state index contributed by atoms with van der Waals surface area (Å²) in [4.78, 5) is 13.1. The van der Waals surface area contributed by atoms with Crippen LogP contribution >= 0.6 is 23.2 Å². The van der Waals surface area contributed by atoms with E-state index in [4.69, 9.17) is 23.2 Å². The molecule has 0 atom stereocenters. The van der Waals surface area contributed by atoms with Gasteiger partial charge in [-0.2, -0.15) is 0 Å². The van der Waals surface area contributed by atoms with Crippen LogP contribution in [-0.2, 0) is 21.2 Å². The number of sulfonamides is 1. The highest BCUT2D eigenvalue weighted by atomic mass is 35.5. The van der Waals surface area contributed by atoms with E-state index in [1.165, 1.54) is 18.2 Å². The van der Waals surface area contributed by atoms with Gasteiger partial charge in [0.05, 0.1) is 11.4 Å². The highest BCUT2D eigenvalue weighted by molar-refractivity contribution is 7.92. The summed E-state index contributed by atoms with van der Waals surface area (Å²) in [5, 5.41) is 0.355. The van der Waals surface area contributed by atoms with Crippen LogP contribution in [-0.4, -0.2) is 21.4 Å². The first-order chi connectivity index (χ1) is 10.8. The molecule has 23 heavy (non-hydrogen) atoms. The van der Waals surface area contributed by atoms with E-state index in [1.807, 2.05) is 0 Å². The van der Waals surface area contributed by atoms with E-state index in [0.29, 0.717) is 5.69 Å². The number of rotatable bonds is 3. The maximum Gasteiger partial charge on any atom is 0.263 e. The molecule has 8 heteroatoms. The molecule has 5 nitrogen and oxygen atoms in total. The van der Waals surface area contributed by atoms with Crippen LogP contribution in [0.1, 0.15) is 5.56 Å². The maximum atomic E-state index is 12.5. The van der Waals surface area contributed by atoms with Crippen molar-refractivity contribution in [3.63, 3.8) is 0 Å². The van der Waals surface area contributed by atoms with Crippen molar-refractivity contribution in [2.45, 2.75) is 11.3 Å². The molecule has 120 valence electrons. The van der Waals surface area contributed by atoms with Crippen molar-refractivity contribution >= 4 is 50.5 Å². The minimum absolute atomic E-state index is 0.0297. The molecule has 2 aromatic rings. The average Bonchev–Trinajstić information content (AvgIpc) is 2.75. The summed E-state index contributed by atoms with van der Waals surface area (Å²) in [5.41, 5.74) is 1.91. The summed E-state index contributed by atoms with van der Waals surface area (Å²) in [7, 11) is -2.19. The Bertz CT molecular complexity index is 913. The van der Waals surface area contributed by atoms with Crippen LogP contribution in [0.3, 0.4) is 0 Å². The lowest BCUT2D eigenvalue weighted by molar-refractivity contribution is -0.117. The van der Waals surface area contributed by atoms with Crippen LogP contribution in [0, 0.1) is 0 Å². The number of nitrogens with zero attached hydrogens (tertiary/aromatic N) is 1. The van der Waals surface area contributed by atoms with Gasteiger partial charge in [0.2, 0.25) is 5.91 Å². The lowest BCUT2D eigenvalue weighted by Gasteiger charge is -2.12. The first-order valence-corrected chi connectivity index (χ1v) is 8.89. The molecule has 1 heterocycles. The number of carbonyl (C=O) groups excluding carboxylic acids is 1. The molecule has 0 saturated carbocycles. The fraction of sp³-hybridized carbons (Fsp3) is 0.133. The van der Waals surface area contributed by atoms with Gasteiger partial charge in [-0.25, -0.2) is 8.42 Å². The lowest BCUT2D eigenvalue weighted by atomic mass is 10.1. The Morgan fingerprint density at radius 3 is 2.61 bits per heavy atom. The number of amides is 1. The van der Waals surface area contributed by atoms with Gasteiger partial charge in [-0.05, 0) is 42.0 Å². The van der Waals surface area contributed by atoms with Crippen LogP contribution in [0.25, 0.3) is 0 Å². The summed E-state index contributed by atoms with van der Waals surface area (Å²) < 4.78 is 27.4. The molecule has 0 bridgehead atoms. The third-order valence-electron chi connectivity index (χ3n) is 3.59. The van der Waals surface area contributed by atoms with Crippen LogP contribution in [0.5, 0.6) is 0 Å². The highest BCUT2D eigenvalue weighted by Crippen LogP contribution is 2.32. The number of nitrogens with one attached hydrogen (secondary N) is 1. The van der Waals surface area contributed by atoms with Crippen molar-refractivity contribution in [2.75, 3.05) is 16.7 Å². The zero-order valence-corrected chi connectivity index (χ0v) is 14.3. The molecule has 0 radical (unpaired) electrons. The summed E-state index contributed by atoms with van der Waals surface area (Å²) >= 11 is 11.8. The number of benzene rings is 2. The maximum absolute atomic E-state index is 12.5. The van der Waals surface area contributed by atoms with Gasteiger partial charge >= 0.3 is 0 Å². The minimum Gasteiger partial charge on any atom is -0.315 e. The smallest absolute Gasteiger partial charge is 0.263 e. The van der Waals surface area contributed by atoms with E-state index >= 15 is 0 Å². The number of fused-ring (bicyclic) bond motifs is 1. The largest absolute Gasteiger partial charge is 0.315 e. The van der Waals surface area contributed by atoms with Crippen molar-refractivity contribution in [3.8, 4) is 0 Å². The summed E-state index contributed by atoms with van der Waals surface area (Å²) in [6.07, 6.45) is 0.249. The number of hydrogen-bond donors (Lipinski definition) is 1. The molecule has 0 fully saturated rings. The minimum atomic E-state index is -3.88. The van der Waals surface area contributed by atoms with Crippen LogP contribution in [0.15, 0.2) is 41.3 Å². The van der Waals surface area contributed by atoms with Gasteiger partial charge in [0.1, 0.15) is 4.90 Å². The van der Waals surface area contributed by atoms with Gasteiger partial charge in [-0.1, -0.05) is 23.2 Å². The number of anilines is 2. The molecule has 1 amide bonds. The van der Waals surface area contributed by atoms with Crippen molar-refractivity contribution < 1.29 is 13.2 Å². The summed E-state index contributed by atoms with van der Waals surface area (Å²) in [6, 6.07) is 9.18. The molecule has 0 spiro atoms. The van der Waals surface area contributed by atoms with E-state index in [0.717, 1.165) is 11.3 Å². The van der Waals surface area contributed by atoms with Crippen LogP contribution < -0.4 is 9.62 Å². The van der Waals surface area contributed by atoms with E-state index in [1.54, 1.807) is 30.1 Å². The Morgan fingerprint density at radius 1 is 1.13 bits per heavy atom. The van der Waals surface area contributed by atoms with E-state index in [2.05, 4.69) is 4.72 Å². The molecule has 3 rings (SSSR count). The normalized spacial score (nSPS) is 14.0. The second-order valence-corrected chi connectivity index (χ2v) is 7.65. The molecule has 0 saturated heterocycles. The Hall–Kier alpha value is -1.76. The summed E-state index contributed by atoms with van der Waals surface area (Å²) in [6.45, 7) is 0. The van der Waals surface area contributed by atoms with E-state index in [-0.39, 0.29) is 27.3 Å². The molecular formula is C15H12Cl2N2O3S. The average molecular weight is 371 g/mol. The standard InChI is InChI=1S/C15H12Cl2N2O3S/c1-19-13-5-3-11(6-9(13)7-15(19)20)18-23(21,22)14-8-10(16)2-4-12(14)17/h2-6,8,18H,7H2,1H3. The molecule has 2 aromatic carbocycles. The van der Waals surface area contributed by atoms with Gasteiger partial charge in [0, 0.05) is 23.4 Å². The first kappa shape index (κ1) is 16.1. The van der Waals surface area contributed by atoms with Crippen molar-refractivity contribution in [1.29, 1.82) is 0 Å². The van der Waals surface area contributed by atoms with Crippen molar-refractivity contribution in [3.05, 3.63) is 52.0 Å². The monoisotopic (exact) mass is 370 g/mol.